The fourth-order valence-corrected chi connectivity index (χ4v) is 2.12. The van der Waals surface area contributed by atoms with E-state index in [1.165, 1.54) is 6.07 Å². The molecule has 0 bridgehead atoms. The zero-order chi connectivity index (χ0) is 13.1. The topological polar surface area (TPSA) is 79.0 Å². The van der Waals surface area contributed by atoms with Crippen molar-refractivity contribution in [3.05, 3.63) is 23.8 Å². The summed E-state index contributed by atoms with van der Waals surface area (Å²) < 4.78 is 5.59. The van der Waals surface area contributed by atoms with Crippen molar-refractivity contribution in [2.24, 2.45) is 5.73 Å². The Hall–Kier alpha value is -1.30. The molecule has 1 aliphatic rings. The summed E-state index contributed by atoms with van der Waals surface area (Å²) in [6.07, 6.45) is 0.0597. The van der Waals surface area contributed by atoms with Crippen molar-refractivity contribution < 1.29 is 14.9 Å². The molecule has 0 aromatic heterocycles. The second-order valence-corrected chi connectivity index (χ2v) is 4.83. The number of rotatable bonds is 3. The molecule has 0 saturated carbocycles. The highest BCUT2D eigenvalue weighted by atomic mass is 16.5. The van der Waals surface area contributed by atoms with Crippen LogP contribution in [0.2, 0.25) is 0 Å². The van der Waals surface area contributed by atoms with Crippen LogP contribution in [0.4, 0.5) is 0 Å². The molecular weight excluding hydrogens is 232 g/mol. The molecular formula is C13H20N2O3. The first-order valence-electron chi connectivity index (χ1n) is 6.16. The molecule has 1 aliphatic heterocycles. The smallest absolute Gasteiger partial charge is 0.157 e. The molecule has 4 N–H and O–H groups in total. The van der Waals surface area contributed by atoms with Crippen molar-refractivity contribution in [3.63, 3.8) is 0 Å². The third kappa shape index (κ3) is 3.13. The summed E-state index contributed by atoms with van der Waals surface area (Å²) in [7, 11) is 0. The maximum absolute atomic E-state index is 9.46. The summed E-state index contributed by atoms with van der Waals surface area (Å²) in [4.78, 5) is 2.24. The number of ether oxygens (including phenoxy) is 1. The minimum atomic E-state index is -0.0887. The third-order valence-corrected chi connectivity index (χ3v) is 3.21. The van der Waals surface area contributed by atoms with E-state index in [2.05, 4.69) is 4.90 Å². The highest BCUT2D eigenvalue weighted by Gasteiger charge is 2.23. The van der Waals surface area contributed by atoms with E-state index in [1.54, 1.807) is 6.07 Å². The normalized spacial score (nSPS) is 22.9. The van der Waals surface area contributed by atoms with Crippen LogP contribution >= 0.6 is 0 Å². The molecule has 0 aliphatic carbocycles. The molecule has 5 heteroatoms. The fourth-order valence-electron chi connectivity index (χ4n) is 2.12. The standard InChI is InChI=1S/C13H20N2O3/c1-9(14)13-8-15(4-5-18-13)7-10-2-3-11(16)12(17)6-10/h2-3,6,9,13,16-17H,4-5,7-8,14H2,1H3. The van der Waals surface area contributed by atoms with Gasteiger partial charge in [-0.3, -0.25) is 4.90 Å². The Bertz CT molecular complexity index is 409. The van der Waals surface area contributed by atoms with Gasteiger partial charge in [0.25, 0.3) is 0 Å². The Kier molecular flexibility index (Phi) is 4.06. The lowest BCUT2D eigenvalue weighted by Crippen LogP contribution is -2.49. The summed E-state index contributed by atoms with van der Waals surface area (Å²) in [6.45, 7) is 4.99. The number of nitrogens with zero attached hydrogens (tertiary/aromatic N) is 1. The van der Waals surface area contributed by atoms with Crippen LogP contribution in [0.3, 0.4) is 0 Å². The van der Waals surface area contributed by atoms with Crippen molar-refractivity contribution in [3.8, 4) is 11.5 Å². The van der Waals surface area contributed by atoms with E-state index in [0.717, 1.165) is 25.2 Å². The molecule has 1 fully saturated rings. The molecule has 0 amide bonds. The Morgan fingerprint density at radius 3 is 2.89 bits per heavy atom. The van der Waals surface area contributed by atoms with Crippen molar-refractivity contribution in [2.75, 3.05) is 19.7 Å². The number of phenolic OH excluding ortho intramolecular Hbond substituents is 2. The molecule has 1 aromatic carbocycles. The van der Waals surface area contributed by atoms with Crippen LogP contribution in [0.25, 0.3) is 0 Å². The van der Waals surface area contributed by atoms with Gasteiger partial charge in [0.15, 0.2) is 11.5 Å². The molecule has 1 heterocycles. The number of benzene rings is 1. The molecule has 0 radical (unpaired) electrons. The van der Waals surface area contributed by atoms with E-state index in [9.17, 15) is 10.2 Å². The minimum Gasteiger partial charge on any atom is -0.504 e. The van der Waals surface area contributed by atoms with Crippen LogP contribution in [0.1, 0.15) is 12.5 Å². The highest BCUT2D eigenvalue weighted by Crippen LogP contribution is 2.25. The average molecular weight is 252 g/mol. The second kappa shape index (κ2) is 5.56. The maximum Gasteiger partial charge on any atom is 0.157 e. The van der Waals surface area contributed by atoms with Crippen LogP contribution in [0.5, 0.6) is 11.5 Å². The summed E-state index contributed by atoms with van der Waals surface area (Å²) in [6, 6.07) is 4.92. The number of hydrogen-bond donors (Lipinski definition) is 3. The summed E-state index contributed by atoms with van der Waals surface area (Å²) in [5.41, 5.74) is 6.81. The Morgan fingerprint density at radius 1 is 1.44 bits per heavy atom. The number of aromatic hydroxyl groups is 2. The predicted molar refractivity (Wildman–Crippen MR) is 68.4 cm³/mol. The van der Waals surface area contributed by atoms with Crippen LogP contribution in [-0.4, -0.2) is 47.0 Å². The van der Waals surface area contributed by atoms with Gasteiger partial charge in [-0.05, 0) is 24.6 Å². The van der Waals surface area contributed by atoms with Gasteiger partial charge in [-0.15, -0.1) is 0 Å². The SMILES string of the molecule is CC(N)C1CN(Cc2ccc(O)c(O)c2)CCO1. The molecule has 18 heavy (non-hydrogen) atoms. The van der Waals surface area contributed by atoms with Gasteiger partial charge >= 0.3 is 0 Å². The largest absolute Gasteiger partial charge is 0.504 e. The second-order valence-electron chi connectivity index (χ2n) is 4.83. The highest BCUT2D eigenvalue weighted by molar-refractivity contribution is 5.40. The van der Waals surface area contributed by atoms with Crippen molar-refractivity contribution in [1.82, 2.24) is 4.90 Å². The molecule has 100 valence electrons. The molecule has 2 rings (SSSR count). The first-order valence-corrected chi connectivity index (χ1v) is 6.16. The number of nitrogens with two attached hydrogens (primary N) is 1. The maximum atomic E-state index is 9.46. The summed E-state index contributed by atoms with van der Waals surface area (Å²) >= 11 is 0. The van der Waals surface area contributed by atoms with Gasteiger partial charge in [0.1, 0.15) is 0 Å². The number of morpholine rings is 1. The monoisotopic (exact) mass is 252 g/mol. The quantitative estimate of drug-likeness (QED) is 0.688. The van der Waals surface area contributed by atoms with E-state index < -0.39 is 0 Å². The van der Waals surface area contributed by atoms with Gasteiger partial charge in [-0.25, -0.2) is 0 Å². The van der Waals surface area contributed by atoms with Gasteiger partial charge in [-0.1, -0.05) is 6.07 Å². The minimum absolute atomic E-state index is 0.0148. The lowest BCUT2D eigenvalue weighted by Gasteiger charge is -2.34. The van der Waals surface area contributed by atoms with Gasteiger partial charge in [0.05, 0.1) is 12.7 Å². The zero-order valence-corrected chi connectivity index (χ0v) is 10.5. The van der Waals surface area contributed by atoms with Crippen LogP contribution in [-0.2, 0) is 11.3 Å². The van der Waals surface area contributed by atoms with E-state index >= 15 is 0 Å². The molecule has 1 saturated heterocycles. The Labute approximate surface area is 107 Å². The Balaban J connectivity index is 1.98. The van der Waals surface area contributed by atoms with Gasteiger partial charge in [-0.2, -0.15) is 0 Å². The lowest BCUT2D eigenvalue weighted by molar-refractivity contribution is -0.0403. The van der Waals surface area contributed by atoms with Crippen LogP contribution < -0.4 is 5.73 Å². The molecule has 2 unspecified atom stereocenters. The van der Waals surface area contributed by atoms with Crippen molar-refractivity contribution in [2.45, 2.75) is 25.6 Å². The summed E-state index contributed by atoms with van der Waals surface area (Å²) in [5, 5.41) is 18.7. The van der Waals surface area contributed by atoms with Crippen LogP contribution in [0, 0.1) is 0 Å². The van der Waals surface area contributed by atoms with Crippen molar-refractivity contribution in [1.29, 1.82) is 0 Å². The molecule has 1 aromatic rings. The van der Waals surface area contributed by atoms with Gasteiger partial charge in [0.2, 0.25) is 0 Å². The lowest BCUT2D eigenvalue weighted by atomic mass is 10.1. The van der Waals surface area contributed by atoms with Gasteiger partial charge in [0, 0.05) is 25.7 Å². The molecule has 5 nitrogen and oxygen atoms in total. The van der Waals surface area contributed by atoms with E-state index in [-0.39, 0.29) is 23.6 Å². The number of phenols is 2. The Morgan fingerprint density at radius 2 is 2.22 bits per heavy atom. The first-order chi connectivity index (χ1) is 8.56. The summed E-state index contributed by atoms with van der Waals surface area (Å²) in [5.74, 6) is -0.168. The van der Waals surface area contributed by atoms with Crippen molar-refractivity contribution >= 4 is 0 Å². The fraction of sp³-hybridized carbons (Fsp3) is 0.538. The first kappa shape index (κ1) is 13.1. The van der Waals surface area contributed by atoms with Crippen LogP contribution in [0.15, 0.2) is 18.2 Å². The zero-order valence-electron chi connectivity index (χ0n) is 10.5. The van der Waals surface area contributed by atoms with E-state index in [0.29, 0.717) is 6.61 Å². The predicted octanol–water partition coefficient (Wildman–Crippen LogP) is 0.646. The average Bonchev–Trinajstić information content (AvgIpc) is 2.34. The van der Waals surface area contributed by atoms with Gasteiger partial charge < -0.3 is 20.7 Å². The number of hydrogen-bond acceptors (Lipinski definition) is 5. The van der Waals surface area contributed by atoms with E-state index in [4.69, 9.17) is 10.5 Å². The van der Waals surface area contributed by atoms with E-state index in [1.807, 2.05) is 13.0 Å². The molecule has 2 atom stereocenters. The molecule has 0 spiro atoms. The third-order valence-electron chi connectivity index (χ3n) is 3.21.